The molecule has 6 N–H and O–H groups in total. The molecule has 492 valence electrons. The zero-order valence-electron chi connectivity index (χ0n) is 50.8. The van der Waals surface area contributed by atoms with Gasteiger partial charge in [0.15, 0.2) is 35.6 Å². The smallest absolute Gasteiger partial charge is 0.407 e. The van der Waals surface area contributed by atoms with Crippen molar-refractivity contribution >= 4 is 32.2 Å². The number of amides is 2. The Labute approximate surface area is 539 Å². The van der Waals surface area contributed by atoms with E-state index in [0.717, 1.165) is 33.8 Å². The highest BCUT2D eigenvalue weighted by atomic mass is 32.2. The molecule has 2 amide bonds. The number of fused-ring (bicyclic) bond motifs is 3. The largest absolute Gasteiger partial charge is 0.504 e. The zero-order valence-corrected chi connectivity index (χ0v) is 52.4. The number of alkyl carbamates (subject to hydrolysis) is 2. The molecule has 0 aliphatic carbocycles. The molecule has 13 rings (SSSR count). The maximum absolute atomic E-state index is 13.7. The lowest BCUT2D eigenvalue weighted by molar-refractivity contribution is -0.0909. The van der Waals surface area contributed by atoms with Crippen molar-refractivity contribution in [2.45, 2.75) is 104 Å². The maximum Gasteiger partial charge on any atom is 0.407 e. The summed E-state index contributed by atoms with van der Waals surface area (Å²) in [5.41, 5.74) is 4.06. The van der Waals surface area contributed by atoms with Crippen molar-refractivity contribution in [3.63, 3.8) is 0 Å². The van der Waals surface area contributed by atoms with E-state index in [1.165, 1.54) is 55.1 Å². The van der Waals surface area contributed by atoms with Crippen molar-refractivity contribution in [3.8, 4) is 28.7 Å². The summed E-state index contributed by atoms with van der Waals surface area (Å²) in [6.45, 7) is 2.03. The Bertz CT molecular complexity index is 3820. The number of nitrogens with one attached hydrogen (secondary N) is 3. The molecule has 0 radical (unpaired) electrons. The highest BCUT2D eigenvalue weighted by Crippen LogP contribution is 2.41. The number of phenols is 2. The predicted molar refractivity (Wildman–Crippen MR) is 336 cm³/mol. The summed E-state index contributed by atoms with van der Waals surface area (Å²) in [6, 6.07) is 51.3. The van der Waals surface area contributed by atoms with Crippen LogP contribution in [-0.2, 0) is 79.1 Å². The lowest BCUT2D eigenvalue weighted by atomic mass is 10.0. The van der Waals surface area contributed by atoms with Crippen molar-refractivity contribution in [1.29, 1.82) is 0 Å². The number of carbonyl (C=O) groups excluding carboxylic acids is 2. The van der Waals surface area contributed by atoms with Gasteiger partial charge >= 0.3 is 12.2 Å². The summed E-state index contributed by atoms with van der Waals surface area (Å²) >= 11 is 0. The Kier molecular flexibility index (Phi) is 21.8. The Morgan fingerprint density at radius 1 is 0.581 bits per heavy atom. The second-order valence-corrected chi connectivity index (χ2v) is 26.7. The third-order valence-electron chi connectivity index (χ3n) is 16.5. The number of hydrogen-bond acceptors (Lipinski definition) is 19. The highest BCUT2D eigenvalue weighted by Gasteiger charge is 2.46. The fourth-order valence-corrected chi connectivity index (χ4v) is 13.9. The molecule has 23 nitrogen and oxygen atoms in total. The van der Waals surface area contributed by atoms with Crippen LogP contribution in [0.25, 0.3) is 0 Å². The van der Waals surface area contributed by atoms with Gasteiger partial charge in [-0.25, -0.2) is 31.1 Å². The molecular formula is C68H74N4O19S2. The maximum atomic E-state index is 13.7. The first-order chi connectivity index (χ1) is 45.0. The van der Waals surface area contributed by atoms with Crippen LogP contribution in [-0.4, -0.2) is 144 Å². The van der Waals surface area contributed by atoms with Crippen molar-refractivity contribution in [3.05, 3.63) is 210 Å². The number of methoxy groups -OCH3 is 1. The Hall–Kier alpha value is -8.34. The fourth-order valence-electron chi connectivity index (χ4n) is 11.4. The number of epoxide rings is 1. The van der Waals surface area contributed by atoms with E-state index >= 15 is 0 Å². The number of ether oxygens (including phenoxy) is 10. The van der Waals surface area contributed by atoms with Gasteiger partial charge in [-0.05, 0) is 109 Å². The van der Waals surface area contributed by atoms with E-state index in [4.69, 9.17) is 47.4 Å². The number of aliphatic hydroxyl groups excluding tert-OH is 1. The molecule has 0 saturated carbocycles. The van der Waals surface area contributed by atoms with E-state index < -0.39 is 68.8 Å². The first kappa shape index (κ1) is 66.1. The van der Waals surface area contributed by atoms with Crippen LogP contribution in [0.4, 0.5) is 9.59 Å². The Morgan fingerprint density at radius 3 is 1.73 bits per heavy atom. The summed E-state index contributed by atoms with van der Waals surface area (Å²) in [5.74, 6) is 1.17. The second kappa shape index (κ2) is 30.6. The number of carbonyl (C=O) groups is 2. The molecule has 5 fully saturated rings. The minimum Gasteiger partial charge on any atom is -0.504 e. The van der Waals surface area contributed by atoms with Crippen LogP contribution in [0, 0.1) is 11.8 Å². The van der Waals surface area contributed by atoms with Crippen molar-refractivity contribution in [1.82, 2.24) is 19.7 Å². The van der Waals surface area contributed by atoms with Gasteiger partial charge < -0.3 is 73.3 Å². The molecule has 93 heavy (non-hydrogen) atoms. The van der Waals surface area contributed by atoms with Crippen LogP contribution in [0.2, 0.25) is 0 Å². The van der Waals surface area contributed by atoms with E-state index in [2.05, 4.69) is 15.4 Å². The monoisotopic (exact) mass is 1310 g/mol. The third-order valence-corrected chi connectivity index (χ3v) is 19.8. The molecule has 0 spiro atoms. The predicted octanol–water partition coefficient (Wildman–Crippen LogP) is 7.88. The summed E-state index contributed by atoms with van der Waals surface area (Å²) < 4.78 is 111. The topological polar surface area (TPSA) is 298 Å². The van der Waals surface area contributed by atoms with E-state index in [0.29, 0.717) is 55.7 Å². The summed E-state index contributed by atoms with van der Waals surface area (Å²) in [6.07, 6.45) is -1.74. The van der Waals surface area contributed by atoms with Crippen molar-refractivity contribution in [2.75, 3.05) is 46.7 Å². The molecule has 7 aromatic rings. The highest BCUT2D eigenvalue weighted by molar-refractivity contribution is 7.89. The number of sulfonamides is 2. The molecule has 0 bridgehead atoms. The SMILES string of the molecule is COc1ccc(S(=O)(=O)NCc2ccc3c(c2)OC(c2ccccc2)O3)cc1.O=C(NC(Cc1ccccc1)C(O)CN(Cc1ccc(O)c(O)c1)S(=O)(=O)c1ccccc1)OC1COC2OCCC12.O=C(NC(Cc1ccccc1)C1CO1)OC1COC2OCCC12. The fraction of sp³-hybridized carbons (Fsp3) is 0.353. The summed E-state index contributed by atoms with van der Waals surface area (Å²) in [4.78, 5) is 25.5. The molecule has 6 aliphatic heterocycles. The van der Waals surface area contributed by atoms with E-state index in [1.54, 1.807) is 42.5 Å². The minimum absolute atomic E-state index is 0.0155. The first-order valence-electron chi connectivity index (χ1n) is 30.5. The number of benzene rings is 7. The lowest BCUT2D eigenvalue weighted by Crippen LogP contribution is -2.51. The second-order valence-electron chi connectivity index (χ2n) is 23.0. The van der Waals surface area contributed by atoms with Crippen molar-refractivity contribution in [2.24, 2.45) is 11.8 Å². The van der Waals surface area contributed by atoms with Crippen LogP contribution < -0.4 is 29.6 Å². The number of aromatic hydroxyl groups is 2. The number of phenolic OH excluding ortho intramolecular Hbond substituents is 2. The van der Waals surface area contributed by atoms with Gasteiger partial charge in [-0.1, -0.05) is 121 Å². The van der Waals surface area contributed by atoms with Crippen molar-refractivity contribution < 1.29 is 89.1 Å². The Morgan fingerprint density at radius 2 is 1.14 bits per heavy atom. The number of aliphatic hydroxyl groups is 1. The van der Waals surface area contributed by atoms with Crippen LogP contribution >= 0.6 is 0 Å². The summed E-state index contributed by atoms with van der Waals surface area (Å²) in [5, 5.41) is 36.9. The quantitative estimate of drug-likeness (QED) is 0.0278. The molecule has 0 aromatic heterocycles. The third kappa shape index (κ3) is 17.5. The molecule has 5 saturated heterocycles. The van der Waals surface area contributed by atoms with Gasteiger partial charge in [-0.2, -0.15) is 4.31 Å². The molecular weight excluding hydrogens is 1240 g/mol. The number of hydrogen-bond donors (Lipinski definition) is 6. The van der Waals surface area contributed by atoms with Gasteiger partial charge in [-0.3, -0.25) is 0 Å². The standard InChI is InChI=1S/C30H34N2O9S.C21H19NO5S.C17H21NO5/c33-25-12-11-21(16-26(25)34)17-32(42(37,38)22-9-5-2-6-10-22)18-27(35)24(15-20-7-3-1-4-8-20)31-30(36)41-28-19-40-29-23(28)13-14-39-29;1-25-17-8-10-18(11-9-17)28(23,24)22-14-15-7-12-19-20(13-15)27-21(26-19)16-5-3-2-4-6-16;19-17(23-14-9-22-16-12(14)6-7-20-16)18-13(15-10-21-15)8-11-4-2-1-3-5-11/h1-12,16,23-24,27-29,33-35H,13-15,17-19H2,(H,31,36);2-13,21-22H,14H2,1H3;1-5,12-16H,6-10H2,(H,18,19). The normalized spacial score (nSPS) is 22.5. The summed E-state index contributed by atoms with van der Waals surface area (Å²) in [7, 11) is -6.22. The zero-order chi connectivity index (χ0) is 64.9. The minimum atomic E-state index is -4.13. The molecule has 25 heteroatoms. The molecule has 6 aliphatic rings. The van der Waals surface area contributed by atoms with Gasteiger partial charge in [-0.15, -0.1) is 0 Å². The van der Waals surface area contributed by atoms with Gasteiger partial charge in [0.2, 0.25) is 20.0 Å². The van der Waals surface area contributed by atoms with Gasteiger partial charge in [0, 0.05) is 25.2 Å². The van der Waals surface area contributed by atoms with Crippen LogP contribution in [0.1, 0.15) is 46.9 Å². The average molecular weight is 1320 g/mol. The van der Waals surface area contributed by atoms with Crippen LogP contribution in [0.15, 0.2) is 192 Å². The molecule has 11 atom stereocenters. The van der Waals surface area contributed by atoms with E-state index in [-0.39, 0.29) is 84.6 Å². The molecule has 11 unspecified atom stereocenters. The Balaban J connectivity index is 0.000000150. The van der Waals surface area contributed by atoms with Gasteiger partial charge in [0.25, 0.3) is 6.29 Å². The number of rotatable bonds is 22. The van der Waals surface area contributed by atoms with Gasteiger partial charge in [0.05, 0.1) is 80.0 Å². The average Bonchev–Trinajstić information content (AvgIpc) is 1.87. The van der Waals surface area contributed by atoms with Crippen LogP contribution in [0.3, 0.4) is 0 Å². The van der Waals surface area contributed by atoms with Gasteiger partial charge in [0.1, 0.15) is 24.1 Å². The van der Waals surface area contributed by atoms with Crippen LogP contribution in [0.5, 0.6) is 28.7 Å². The molecule has 7 aromatic carbocycles. The van der Waals surface area contributed by atoms with E-state index in [1.807, 2.05) is 97.1 Å². The number of nitrogens with zero attached hydrogens (tertiary/aromatic N) is 1. The molecule has 6 heterocycles. The lowest BCUT2D eigenvalue weighted by Gasteiger charge is -2.30. The van der Waals surface area contributed by atoms with E-state index in [9.17, 15) is 41.7 Å². The first-order valence-corrected chi connectivity index (χ1v) is 33.5.